The van der Waals surface area contributed by atoms with Crippen LogP contribution in [0.15, 0.2) is 60.7 Å². The van der Waals surface area contributed by atoms with Gasteiger partial charge >= 0.3 is 0 Å². The van der Waals surface area contributed by atoms with Gasteiger partial charge in [0, 0.05) is 17.9 Å². The molecular formula is C28H30O11S. The molecule has 0 bridgehead atoms. The zero-order valence-electron chi connectivity index (χ0n) is 21.0. The third-order valence-electron chi connectivity index (χ3n) is 6.95. The number of phenols is 3. The van der Waals surface area contributed by atoms with Crippen molar-refractivity contribution < 1.29 is 55.1 Å². The number of aliphatic hydroxyl groups excluding tert-OH is 5. The molecule has 5 rings (SSSR count). The lowest BCUT2D eigenvalue weighted by Crippen LogP contribution is -2.60. The quantitative estimate of drug-likeness (QED) is 0.190. The Morgan fingerprint density at radius 3 is 2.23 bits per heavy atom. The summed E-state index contributed by atoms with van der Waals surface area (Å²) >= 11 is 1.37. The second-order valence-corrected chi connectivity index (χ2v) is 10.8. The number of benzene rings is 3. The highest BCUT2D eigenvalue weighted by Gasteiger charge is 2.45. The van der Waals surface area contributed by atoms with E-state index in [4.69, 9.17) is 14.2 Å². The highest BCUT2D eigenvalue weighted by atomic mass is 32.2. The molecule has 40 heavy (non-hydrogen) atoms. The van der Waals surface area contributed by atoms with Gasteiger partial charge in [-0.05, 0) is 23.3 Å². The minimum atomic E-state index is -1.67. The fourth-order valence-corrected chi connectivity index (χ4v) is 6.11. The summed E-state index contributed by atoms with van der Waals surface area (Å²) in [7, 11) is 0. The Morgan fingerprint density at radius 2 is 1.52 bits per heavy atom. The van der Waals surface area contributed by atoms with Crippen molar-refractivity contribution >= 4 is 11.8 Å². The fourth-order valence-electron chi connectivity index (χ4n) is 4.80. The number of phenolic OH excluding ortho intramolecular Hbond substituents is 3. The van der Waals surface area contributed by atoms with E-state index in [-0.39, 0.29) is 23.0 Å². The van der Waals surface area contributed by atoms with Crippen molar-refractivity contribution in [3.8, 4) is 28.7 Å². The first kappa shape index (κ1) is 28.3. The molecule has 2 aliphatic heterocycles. The van der Waals surface area contributed by atoms with E-state index in [1.807, 2.05) is 30.3 Å². The maximum atomic E-state index is 11.4. The van der Waals surface area contributed by atoms with Crippen LogP contribution in [0.5, 0.6) is 28.7 Å². The lowest BCUT2D eigenvalue weighted by Gasteiger charge is -2.40. The first-order valence-electron chi connectivity index (χ1n) is 12.5. The van der Waals surface area contributed by atoms with Gasteiger partial charge in [-0.2, -0.15) is 0 Å². The number of aromatic hydroxyl groups is 3. The molecule has 1 saturated heterocycles. The average Bonchev–Trinajstić information content (AvgIpc) is 2.95. The van der Waals surface area contributed by atoms with Crippen LogP contribution in [-0.4, -0.2) is 84.3 Å². The van der Waals surface area contributed by atoms with Crippen molar-refractivity contribution in [3.05, 3.63) is 77.4 Å². The van der Waals surface area contributed by atoms with Crippen LogP contribution in [0.1, 0.15) is 28.0 Å². The van der Waals surface area contributed by atoms with Crippen LogP contribution < -0.4 is 9.47 Å². The van der Waals surface area contributed by atoms with Gasteiger partial charge in [0.1, 0.15) is 47.8 Å². The van der Waals surface area contributed by atoms with E-state index in [1.165, 1.54) is 42.1 Å². The molecule has 0 amide bonds. The molecule has 0 radical (unpaired) electrons. The molecule has 3 aromatic carbocycles. The zero-order valence-corrected chi connectivity index (χ0v) is 21.8. The topological polar surface area (TPSA) is 190 Å². The Labute approximate surface area is 233 Å². The standard InChI is InChI=1S/C28H30O11S/c29-11-20-22(33)23(34)24(35)28(39-20)37-15-9-18(32)21-19(10-15)38-26(14-6-7-16(30)17(31)8-14)25(36)27(21)40-12-13-4-2-1-3-5-13/h1-10,20,22-36H,11-12H2/t20-,22-,23+,24-,25-,26-,27-,28-/m1/s1. The number of ether oxygens (including phenoxy) is 3. The Morgan fingerprint density at radius 1 is 0.775 bits per heavy atom. The van der Waals surface area contributed by atoms with Crippen LogP contribution in [-0.2, 0) is 10.5 Å². The summed E-state index contributed by atoms with van der Waals surface area (Å²) < 4.78 is 17.2. The molecule has 12 heteroatoms. The van der Waals surface area contributed by atoms with Crippen molar-refractivity contribution in [2.75, 3.05) is 6.61 Å². The van der Waals surface area contributed by atoms with E-state index in [2.05, 4.69) is 0 Å². The molecule has 8 N–H and O–H groups in total. The van der Waals surface area contributed by atoms with Crippen LogP contribution in [0.3, 0.4) is 0 Å². The summed E-state index contributed by atoms with van der Waals surface area (Å²) in [4.78, 5) is 0. The van der Waals surface area contributed by atoms with Gasteiger partial charge in [0.2, 0.25) is 6.29 Å². The monoisotopic (exact) mass is 574 g/mol. The lowest BCUT2D eigenvalue weighted by molar-refractivity contribution is -0.277. The summed E-state index contributed by atoms with van der Waals surface area (Å²) in [6, 6.07) is 16.3. The molecule has 0 aliphatic carbocycles. The Balaban J connectivity index is 1.48. The van der Waals surface area contributed by atoms with E-state index >= 15 is 0 Å². The predicted octanol–water partition coefficient (Wildman–Crippen LogP) is 1.45. The largest absolute Gasteiger partial charge is 0.507 e. The first-order chi connectivity index (χ1) is 19.2. The van der Waals surface area contributed by atoms with E-state index in [0.717, 1.165) is 5.56 Å². The molecule has 0 saturated carbocycles. The van der Waals surface area contributed by atoms with Crippen LogP contribution in [0.25, 0.3) is 0 Å². The number of rotatable bonds is 7. The Bertz CT molecular complexity index is 1320. The lowest BCUT2D eigenvalue weighted by atomic mass is 9.93. The van der Waals surface area contributed by atoms with Gasteiger partial charge < -0.3 is 55.1 Å². The number of aliphatic hydroxyl groups is 5. The molecular weight excluding hydrogens is 544 g/mol. The van der Waals surface area contributed by atoms with Crippen LogP contribution >= 0.6 is 11.8 Å². The SMILES string of the molecule is OC[C@H]1O[C@@H](Oc2cc(O)c3c(c2)O[C@H](c2ccc(O)c(O)c2)[C@@H](O)[C@@H]3SCc2ccccc2)[C@H](O)[C@@H](O)[C@@H]1O. The summed E-state index contributed by atoms with van der Waals surface area (Å²) in [6.45, 7) is -0.636. The zero-order chi connectivity index (χ0) is 28.6. The molecule has 8 atom stereocenters. The average molecular weight is 575 g/mol. The summed E-state index contributed by atoms with van der Waals surface area (Å²) in [5.41, 5.74) is 1.67. The van der Waals surface area contributed by atoms with Crippen molar-refractivity contribution in [2.24, 2.45) is 0 Å². The maximum Gasteiger partial charge on any atom is 0.229 e. The molecule has 0 unspecified atom stereocenters. The second-order valence-electron chi connectivity index (χ2n) is 9.66. The predicted molar refractivity (Wildman–Crippen MR) is 142 cm³/mol. The third-order valence-corrected chi connectivity index (χ3v) is 8.33. The van der Waals surface area contributed by atoms with Crippen molar-refractivity contribution in [2.45, 2.75) is 53.9 Å². The van der Waals surface area contributed by atoms with Gasteiger partial charge in [0.15, 0.2) is 17.6 Å². The summed E-state index contributed by atoms with van der Waals surface area (Å²) in [5, 5.41) is 81.6. The highest BCUT2D eigenvalue weighted by molar-refractivity contribution is 7.98. The molecule has 3 aromatic rings. The highest BCUT2D eigenvalue weighted by Crippen LogP contribution is 2.53. The van der Waals surface area contributed by atoms with Crippen LogP contribution in [0, 0.1) is 0 Å². The number of thioether (sulfide) groups is 1. The van der Waals surface area contributed by atoms with E-state index < -0.39 is 60.5 Å². The van der Waals surface area contributed by atoms with Crippen LogP contribution in [0.4, 0.5) is 0 Å². The second kappa shape index (κ2) is 11.7. The van der Waals surface area contributed by atoms with Gasteiger partial charge in [0.25, 0.3) is 0 Å². The van der Waals surface area contributed by atoms with Crippen LogP contribution in [0.2, 0.25) is 0 Å². The normalized spacial score (nSPS) is 29.8. The number of hydrogen-bond donors (Lipinski definition) is 8. The molecule has 0 spiro atoms. The molecule has 0 aromatic heterocycles. The number of hydrogen-bond acceptors (Lipinski definition) is 12. The van der Waals surface area contributed by atoms with E-state index in [9.17, 15) is 40.9 Å². The molecule has 2 heterocycles. The minimum absolute atomic E-state index is 0.0175. The summed E-state index contributed by atoms with van der Waals surface area (Å²) in [5.74, 6) is -0.372. The minimum Gasteiger partial charge on any atom is -0.507 e. The van der Waals surface area contributed by atoms with Gasteiger partial charge in [-0.3, -0.25) is 0 Å². The summed E-state index contributed by atoms with van der Waals surface area (Å²) in [6.07, 6.45) is -9.74. The fraction of sp³-hybridized carbons (Fsp3) is 0.357. The molecule has 11 nitrogen and oxygen atoms in total. The van der Waals surface area contributed by atoms with Crippen molar-refractivity contribution in [3.63, 3.8) is 0 Å². The van der Waals surface area contributed by atoms with Crippen molar-refractivity contribution in [1.29, 1.82) is 0 Å². The van der Waals surface area contributed by atoms with E-state index in [0.29, 0.717) is 16.9 Å². The van der Waals surface area contributed by atoms with Crippen molar-refractivity contribution in [1.82, 2.24) is 0 Å². The van der Waals surface area contributed by atoms with E-state index in [1.54, 1.807) is 0 Å². The first-order valence-corrected chi connectivity index (χ1v) is 13.6. The maximum absolute atomic E-state index is 11.4. The van der Waals surface area contributed by atoms with Gasteiger partial charge in [0.05, 0.1) is 17.4 Å². The Hall–Kier alpha value is -3.23. The van der Waals surface area contributed by atoms with Gasteiger partial charge in [-0.15, -0.1) is 11.8 Å². The Kier molecular flexibility index (Phi) is 8.29. The molecule has 1 fully saturated rings. The van der Waals surface area contributed by atoms with Gasteiger partial charge in [-0.1, -0.05) is 36.4 Å². The third kappa shape index (κ3) is 5.52. The molecule has 2 aliphatic rings. The smallest absolute Gasteiger partial charge is 0.229 e. The number of fused-ring (bicyclic) bond motifs is 1. The van der Waals surface area contributed by atoms with Gasteiger partial charge in [-0.25, -0.2) is 0 Å². The molecule has 214 valence electrons.